The lowest BCUT2D eigenvalue weighted by Crippen LogP contribution is -1.97. The van der Waals surface area contributed by atoms with Crippen LogP contribution in [0.3, 0.4) is 0 Å². The van der Waals surface area contributed by atoms with Crippen molar-refractivity contribution in [1.82, 2.24) is 9.97 Å². The van der Waals surface area contributed by atoms with E-state index in [0.29, 0.717) is 5.16 Å². The third-order valence-electron chi connectivity index (χ3n) is 1.44. The number of anilines is 1. The number of nitrogen functional groups attached to an aromatic ring is 1. The topological polar surface area (TPSA) is 51.8 Å². The SMILES string of the molecule is Nc1nc(Sc2cccs2)ncc1F. The van der Waals surface area contributed by atoms with Crippen molar-refractivity contribution in [3.8, 4) is 0 Å². The summed E-state index contributed by atoms with van der Waals surface area (Å²) in [6.07, 6.45) is 1.08. The van der Waals surface area contributed by atoms with Crippen LogP contribution < -0.4 is 5.73 Å². The van der Waals surface area contributed by atoms with Crippen LogP contribution in [-0.2, 0) is 0 Å². The molecular formula is C8H6FN3S2. The summed E-state index contributed by atoms with van der Waals surface area (Å²) < 4.78 is 13.8. The van der Waals surface area contributed by atoms with Gasteiger partial charge in [0.1, 0.15) is 0 Å². The summed E-state index contributed by atoms with van der Waals surface area (Å²) in [6, 6.07) is 3.87. The van der Waals surface area contributed by atoms with Crippen molar-refractivity contribution in [3.63, 3.8) is 0 Å². The maximum Gasteiger partial charge on any atom is 0.195 e. The summed E-state index contributed by atoms with van der Waals surface area (Å²) in [7, 11) is 0. The molecule has 14 heavy (non-hydrogen) atoms. The highest BCUT2D eigenvalue weighted by molar-refractivity contribution is 8.01. The second kappa shape index (κ2) is 3.93. The van der Waals surface area contributed by atoms with E-state index in [1.54, 1.807) is 11.3 Å². The first kappa shape index (κ1) is 9.42. The Hall–Kier alpha value is -1.14. The number of hydrogen-bond donors (Lipinski definition) is 1. The van der Waals surface area contributed by atoms with Gasteiger partial charge in [-0.3, -0.25) is 0 Å². The number of thiophene rings is 1. The maximum atomic E-state index is 12.7. The Bertz CT molecular complexity index is 430. The molecule has 0 aliphatic heterocycles. The third kappa shape index (κ3) is 2.02. The first-order chi connectivity index (χ1) is 6.75. The number of nitrogens with two attached hydrogens (primary N) is 1. The molecule has 2 aromatic rings. The standard InChI is InChI=1S/C8H6FN3S2/c9-5-4-11-8(12-7(5)10)14-6-2-1-3-13-6/h1-4H,(H2,10,11,12). The molecule has 2 rings (SSSR count). The van der Waals surface area contributed by atoms with Gasteiger partial charge in [-0.25, -0.2) is 14.4 Å². The molecule has 0 atom stereocenters. The van der Waals surface area contributed by atoms with E-state index < -0.39 is 5.82 Å². The Morgan fingerprint density at radius 3 is 3.00 bits per heavy atom. The van der Waals surface area contributed by atoms with Gasteiger partial charge in [0.25, 0.3) is 0 Å². The van der Waals surface area contributed by atoms with E-state index >= 15 is 0 Å². The first-order valence-corrected chi connectivity index (χ1v) is 5.44. The van der Waals surface area contributed by atoms with E-state index in [1.807, 2.05) is 17.5 Å². The third-order valence-corrected chi connectivity index (χ3v) is 3.35. The predicted octanol–water partition coefficient (Wildman–Crippen LogP) is 2.41. The lowest BCUT2D eigenvalue weighted by Gasteiger charge is -1.98. The van der Waals surface area contributed by atoms with Crippen LogP contribution in [0.4, 0.5) is 10.2 Å². The van der Waals surface area contributed by atoms with Gasteiger partial charge in [-0.15, -0.1) is 11.3 Å². The minimum absolute atomic E-state index is 0.112. The summed E-state index contributed by atoms with van der Waals surface area (Å²) in [5.74, 6) is -0.695. The van der Waals surface area contributed by atoms with Crippen molar-refractivity contribution in [2.75, 3.05) is 5.73 Å². The van der Waals surface area contributed by atoms with Crippen molar-refractivity contribution in [2.24, 2.45) is 0 Å². The average Bonchev–Trinajstić information content (AvgIpc) is 2.64. The number of nitrogens with zero attached hydrogens (tertiary/aromatic N) is 2. The monoisotopic (exact) mass is 227 g/mol. The Morgan fingerprint density at radius 1 is 1.50 bits per heavy atom. The molecule has 3 nitrogen and oxygen atoms in total. The van der Waals surface area contributed by atoms with Crippen LogP contribution in [0, 0.1) is 5.82 Å². The van der Waals surface area contributed by atoms with E-state index in [9.17, 15) is 4.39 Å². The van der Waals surface area contributed by atoms with Gasteiger partial charge < -0.3 is 5.73 Å². The molecule has 0 amide bonds. The van der Waals surface area contributed by atoms with Crippen LogP contribution in [-0.4, -0.2) is 9.97 Å². The van der Waals surface area contributed by atoms with Crippen molar-refractivity contribution >= 4 is 28.9 Å². The maximum absolute atomic E-state index is 12.7. The zero-order chi connectivity index (χ0) is 9.97. The fourth-order valence-electron chi connectivity index (χ4n) is 0.824. The van der Waals surface area contributed by atoms with Crippen LogP contribution in [0.2, 0.25) is 0 Å². The van der Waals surface area contributed by atoms with Crippen LogP contribution in [0.1, 0.15) is 0 Å². The largest absolute Gasteiger partial charge is 0.381 e. The van der Waals surface area contributed by atoms with E-state index in [-0.39, 0.29) is 5.82 Å². The summed E-state index contributed by atoms with van der Waals surface area (Å²) in [5.41, 5.74) is 5.31. The van der Waals surface area contributed by atoms with Gasteiger partial charge in [-0.1, -0.05) is 6.07 Å². The zero-order valence-electron chi connectivity index (χ0n) is 6.98. The van der Waals surface area contributed by atoms with Crippen LogP contribution in [0.15, 0.2) is 33.1 Å². The number of rotatable bonds is 2. The van der Waals surface area contributed by atoms with E-state index in [2.05, 4.69) is 9.97 Å². The quantitative estimate of drug-likeness (QED) is 0.800. The Labute approximate surface area is 88.2 Å². The molecule has 0 aromatic carbocycles. The molecule has 0 aliphatic rings. The van der Waals surface area contributed by atoms with Gasteiger partial charge in [0.2, 0.25) is 0 Å². The number of halogens is 1. The van der Waals surface area contributed by atoms with Gasteiger partial charge in [0.05, 0.1) is 10.4 Å². The van der Waals surface area contributed by atoms with Crippen LogP contribution in [0.5, 0.6) is 0 Å². The van der Waals surface area contributed by atoms with E-state index in [4.69, 9.17) is 5.73 Å². The molecule has 72 valence electrons. The van der Waals surface area contributed by atoms with Crippen molar-refractivity contribution in [1.29, 1.82) is 0 Å². The second-order valence-electron chi connectivity index (χ2n) is 2.42. The van der Waals surface area contributed by atoms with Gasteiger partial charge in [-0.05, 0) is 23.2 Å². The van der Waals surface area contributed by atoms with Crippen LogP contribution >= 0.6 is 23.1 Å². The number of aromatic nitrogens is 2. The molecule has 0 aliphatic carbocycles. The highest BCUT2D eigenvalue weighted by Gasteiger charge is 2.05. The van der Waals surface area contributed by atoms with Gasteiger partial charge in [-0.2, -0.15) is 0 Å². The lowest BCUT2D eigenvalue weighted by molar-refractivity contribution is 0.612. The molecule has 2 heterocycles. The van der Waals surface area contributed by atoms with Gasteiger partial charge in [0, 0.05) is 0 Å². The Kier molecular flexibility index (Phi) is 2.64. The molecule has 0 bridgehead atoms. The molecule has 0 radical (unpaired) electrons. The molecule has 0 fully saturated rings. The first-order valence-electron chi connectivity index (χ1n) is 3.75. The minimum Gasteiger partial charge on any atom is -0.381 e. The molecule has 0 saturated carbocycles. The zero-order valence-corrected chi connectivity index (χ0v) is 8.61. The van der Waals surface area contributed by atoms with Gasteiger partial charge >= 0.3 is 0 Å². The summed E-state index contributed by atoms with van der Waals surface area (Å²) >= 11 is 2.94. The second-order valence-corrected chi connectivity index (χ2v) is 4.64. The summed E-state index contributed by atoms with van der Waals surface area (Å²) in [5, 5.41) is 2.42. The van der Waals surface area contributed by atoms with Crippen molar-refractivity contribution < 1.29 is 4.39 Å². The highest BCUT2D eigenvalue weighted by atomic mass is 32.2. The highest BCUT2D eigenvalue weighted by Crippen LogP contribution is 2.28. The average molecular weight is 227 g/mol. The molecule has 2 N–H and O–H groups in total. The van der Waals surface area contributed by atoms with Crippen molar-refractivity contribution in [3.05, 3.63) is 29.5 Å². The van der Waals surface area contributed by atoms with Crippen molar-refractivity contribution in [2.45, 2.75) is 9.37 Å². The lowest BCUT2D eigenvalue weighted by atomic mass is 10.6. The predicted molar refractivity (Wildman–Crippen MR) is 54.8 cm³/mol. The number of hydrogen-bond acceptors (Lipinski definition) is 5. The normalized spacial score (nSPS) is 10.4. The molecule has 6 heteroatoms. The van der Waals surface area contributed by atoms with E-state index in [0.717, 1.165) is 10.4 Å². The van der Waals surface area contributed by atoms with E-state index in [1.165, 1.54) is 11.8 Å². The van der Waals surface area contributed by atoms with Gasteiger partial charge in [0.15, 0.2) is 16.8 Å². The minimum atomic E-state index is -0.583. The summed E-state index contributed by atoms with van der Waals surface area (Å²) in [6.45, 7) is 0. The Balaban J connectivity index is 2.22. The smallest absolute Gasteiger partial charge is 0.195 e. The fraction of sp³-hybridized carbons (Fsp3) is 0. The molecule has 2 aromatic heterocycles. The van der Waals surface area contributed by atoms with Crippen LogP contribution in [0.25, 0.3) is 0 Å². The summed E-state index contributed by atoms with van der Waals surface area (Å²) in [4.78, 5) is 7.63. The molecule has 0 spiro atoms. The molecule has 0 unspecified atom stereocenters. The molecule has 0 saturated heterocycles. The molecular weight excluding hydrogens is 221 g/mol. The Morgan fingerprint density at radius 2 is 2.36 bits per heavy atom. The fourth-order valence-corrected chi connectivity index (χ4v) is 2.43.